The Kier molecular flexibility index (Phi) is 6.43. The summed E-state index contributed by atoms with van der Waals surface area (Å²) in [4.78, 5) is 12.5. The molecule has 5 nitrogen and oxygen atoms in total. The quantitative estimate of drug-likeness (QED) is 0.553. The first-order valence-corrected chi connectivity index (χ1v) is 12.4. The molecule has 1 N–H and O–H groups in total. The number of anilines is 1. The van der Waals surface area contributed by atoms with Gasteiger partial charge in [-0.25, -0.2) is 21.6 Å². The van der Waals surface area contributed by atoms with Gasteiger partial charge in [-0.05, 0) is 61.6 Å². The van der Waals surface area contributed by atoms with Crippen molar-refractivity contribution in [3.63, 3.8) is 0 Å². The van der Waals surface area contributed by atoms with Gasteiger partial charge in [0.25, 0.3) is 5.91 Å². The van der Waals surface area contributed by atoms with Crippen molar-refractivity contribution in [2.75, 3.05) is 5.32 Å². The highest BCUT2D eigenvalue weighted by atomic mass is 35.5. The molecule has 0 radical (unpaired) electrons. The molecule has 2 aliphatic rings. The first-order chi connectivity index (χ1) is 15.6. The molecule has 0 saturated heterocycles. The monoisotopic (exact) mass is 496 g/mol. The number of carbonyl (C=O) groups is 1. The number of sulfone groups is 1. The van der Waals surface area contributed by atoms with E-state index in [9.17, 15) is 26.4 Å². The molecular formula is C23H20ClF3N2O3S. The van der Waals surface area contributed by atoms with E-state index < -0.39 is 38.4 Å². The molecule has 2 atom stereocenters. The van der Waals surface area contributed by atoms with Crippen LogP contribution in [0.1, 0.15) is 42.5 Å². The van der Waals surface area contributed by atoms with Gasteiger partial charge in [-0.2, -0.15) is 5.26 Å². The minimum Gasteiger partial charge on any atom is -0.322 e. The number of hydrogen-bond acceptors (Lipinski definition) is 4. The van der Waals surface area contributed by atoms with Gasteiger partial charge in [0.05, 0.1) is 21.2 Å². The van der Waals surface area contributed by atoms with Crippen LogP contribution in [-0.2, 0) is 9.84 Å². The molecule has 0 aromatic heterocycles. The third kappa shape index (κ3) is 4.46. The zero-order valence-corrected chi connectivity index (χ0v) is 18.9. The van der Waals surface area contributed by atoms with E-state index in [1.807, 2.05) is 0 Å². The lowest BCUT2D eigenvalue weighted by Gasteiger charge is -2.34. The molecule has 33 heavy (non-hydrogen) atoms. The lowest BCUT2D eigenvalue weighted by atomic mass is 9.79. The molecule has 4 rings (SSSR count). The highest BCUT2D eigenvalue weighted by Crippen LogP contribution is 2.50. The van der Waals surface area contributed by atoms with Crippen LogP contribution in [0, 0.1) is 46.5 Å². The van der Waals surface area contributed by atoms with Gasteiger partial charge in [0.2, 0.25) is 0 Å². The van der Waals surface area contributed by atoms with Crippen LogP contribution in [-0.4, -0.2) is 19.6 Å². The summed E-state index contributed by atoms with van der Waals surface area (Å²) < 4.78 is 67.2. The average Bonchev–Trinajstić information content (AvgIpc) is 3.04. The number of carbonyl (C=O) groups excluding carboxylic acids is 1. The molecule has 2 aromatic carbocycles. The summed E-state index contributed by atoms with van der Waals surface area (Å²) in [6, 6.07) is 7.16. The van der Waals surface area contributed by atoms with Crippen LogP contribution in [0.15, 0.2) is 35.2 Å². The number of fused-ring (bicyclic) bond motifs is 2. The standard InChI is InChI=1S/C23H20ClF3N2O3S/c24-17-4-3-15(23(30)29-16-10-18(25)21(27)19(26)11-16)9-20(17)33(31,32)22-13-1-2-14(22)8-12(7-13)5-6-28/h3-4,9-14,22H,1-2,5,7-8H2,(H,29,30)/t12-,13?,14?,22+. The van der Waals surface area contributed by atoms with Crippen molar-refractivity contribution < 1.29 is 26.4 Å². The largest absolute Gasteiger partial charge is 0.322 e. The Hall–Kier alpha value is -2.57. The Balaban J connectivity index is 1.61. The topological polar surface area (TPSA) is 87.0 Å². The molecule has 2 aliphatic carbocycles. The molecule has 174 valence electrons. The predicted octanol–water partition coefficient (Wildman–Crippen LogP) is 5.50. The number of hydrogen-bond donors (Lipinski definition) is 1. The molecule has 2 fully saturated rings. The van der Waals surface area contributed by atoms with Gasteiger partial charge < -0.3 is 5.32 Å². The third-order valence-electron chi connectivity index (χ3n) is 6.59. The van der Waals surface area contributed by atoms with Crippen molar-refractivity contribution >= 4 is 33.0 Å². The van der Waals surface area contributed by atoms with Gasteiger partial charge in [-0.3, -0.25) is 4.79 Å². The molecule has 1 amide bonds. The van der Waals surface area contributed by atoms with Gasteiger partial charge >= 0.3 is 0 Å². The van der Waals surface area contributed by atoms with Gasteiger partial charge in [-0.15, -0.1) is 0 Å². The molecule has 2 bridgehead atoms. The average molecular weight is 497 g/mol. The summed E-state index contributed by atoms with van der Waals surface area (Å²) in [6.45, 7) is 0. The van der Waals surface area contributed by atoms with Crippen molar-refractivity contribution in [3.05, 3.63) is 58.4 Å². The molecule has 2 aromatic rings. The Morgan fingerprint density at radius 2 is 1.70 bits per heavy atom. The van der Waals surface area contributed by atoms with Gasteiger partial charge in [0, 0.05) is 29.8 Å². The molecule has 2 saturated carbocycles. The zero-order valence-electron chi connectivity index (χ0n) is 17.3. The first-order valence-electron chi connectivity index (χ1n) is 10.5. The number of rotatable bonds is 5. The molecule has 10 heteroatoms. The van der Waals surface area contributed by atoms with Crippen molar-refractivity contribution in [2.24, 2.45) is 17.8 Å². The van der Waals surface area contributed by atoms with E-state index in [1.54, 1.807) is 0 Å². The number of benzene rings is 2. The predicted molar refractivity (Wildman–Crippen MR) is 116 cm³/mol. The molecule has 0 aliphatic heterocycles. The van der Waals surface area contributed by atoms with Crippen molar-refractivity contribution in [3.8, 4) is 6.07 Å². The summed E-state index contributed by atoms with van der Waals surface area (Å²) in [7, 11) is -3.88. The summed E-state index contributed by atoms with van der Waals surface area (Å²) >= 11 is 6.22. The van der Waals surface area contributed by atoms with E-state index in [2.05, 4.69) is 11.4 Å². The van der Waals surface area contributed by atoms with Crippen LogP contribution in [0.5, 0.6) is 0 Å². The normalized spacial score (nSPS) is 24.3. The Labute approximate surface area is 194 Å². The second-order valence-electron chi connectivity index (χ2n) is 8.66. The summed E-state index contributed by atoms with van der Waals surface area (Å²) in [6.07, 6.45) is 3.24. The van der Waals surface area contributed by atoms with Crippen LogP contribution in [0.2, 0.25) is 5.02 Å². The van der Waals surface area contributed by atoms with E-state index in [1.165, 1.54) is 12.1 Å². The van der Waals surface area contributed by atoms with E-state index in [0.717, 1.165) is 18.9 Å². The fourth-order valence-corrected chi connectivity index (χ4v) is 8.11. The van der Waals surface area contributed by atoms with Crippen LogP contribution >= 0.6 is 11.6 Å². The van der Waals surface area contributed by atoms with Crippen LogP contribution in [0.25, 0.3) is 0 Å². The molecule has 0 spiro atoms. The van der Waals surface area contributed by atoms with Crippen LogP contribution in [0.3, 0.4) is 0 Å². The summed E-state index contributed by atoms with van der Waals surface area (Å²) in [5.41, 5.74) is -0.391. The maximum absolute atomic E-state index is 13.6. The number of nitrogens with zero attached hydrogens (tertiary/aromatic N) is 1. The Morgan fingerprint density at radius 1 is 1.09 bits per heavy atom. The third-order valence-corrected chi connectivity index (χ3v) is 9.47. The van der Waals surface area contributed by atoms with Gasteiger partial charge in [0.1, 0.15) is 0 Å². The van der Waals surface area contributed by atoms with E-state index >= 15 is 0 Å². The first kappa shape index (κ1) is 23.6. The maximum Gasteiger partial charge on any atom is 0.255 e. The lowest BCUT2D eigenvalue weighted by Crippen LogP contribution is -2.37. The maximum atomic E-state index is 13.6. The number of nitriles is 1. The van der Waals surface area contributed by atoms with E-state index in [4.69, 9.17) is 16.9 Å². The highest BCUT2D eigenvalue weighted by molar-refractivity contribution is 7.92. The SMILES string of the molecule is N#CC[C@H]1CC2CCC(C1)[C@@H]2S(=O)(=O)c1cc(C(=O)Nc2cc(F)c(F)c(F)c2)ccc1Cl. The fourth-order valence-electron chi connectivity index (χ4n) is 5.24. The minimum atomic E-state index is -3.88. The van der Waals surface area contributed by atoms with Crippen molar-refractivity contribution in [2.45, 2.75) is 42.2 Å². The van der Waals surface area contributed by atoms with Crippen molar-refractivity contribution in [1.29, 1.82) is 5.26 Å². The zero-order chi connectivity index (χ0) is 23.9. The number of halogens is 4. The summed E-state index contributed by atoms with van der Waals surface area (Å²) in [5.74, 6) is -5.39. The molecular weight excluding hydrogens is 477 g/mol. The summed E-state index contributed by atoms with van der Waals surface area (Å²) in [5, 5.41) is 10.6. The van der Waals surface area contributed by atoms with Gasteiger partial charge in [-0.1, -0.05) is 11.6 Å². The smallest absolute Gasteiger partial charge is 0.255 e. The highest BCUT2D eigenvalue weighted by Gasteiger charge is 2.49. The second kappa shape index (κ2) is 8.99. The van der Waals surface area contributed by atoms with E-state index in [0.29, 0.717) is 31.4 Å². The van der Waals surface area contributed by atoms with Crippen LogP contribution < -0.4 is 5.32 Å². The fraction of sp³-hybridized carbons (Fsp3) is 0.391. The Bertz CT molecular complexity index is 1230. The van der Waals surface area contributed by atoms with E-state index in [-0.39, 0.29) is 38.9 Å². The lowest BCUT2D eigenvalue weighted by molar-refractivity contribution is 0.102. The minimum absolute atomic E-state index is 0.0241. The molecule has 2 unspecified atom stereocenters. The Morgan fingerprint density at radius 3 is 2.27 bits per heavy atom. The number of nitrogens with one attached hydrogen (secondary N) is 1. The number of amides is 1. The van der Waals surface area contributed by atoms with Crippen molar-refractivity contribution in [1.82, 2.24) is 0 Å². The van der Waals surface area contributed by atoms with Gasteiger partial charge in [0.15, 0.2) is 27.3 Å². The second-order valence-corrected chi connectivity index (χ2v) is 11.1. The molecule has 0 heterocycles. The van der Waals surface area contributed by atoms with Crippen LogP contribution in [0.4, 0.5) is 18.9 Å².